The highest BCUT2D eigenvalue weighted by Gasteiger charge is 2.12. The van der Waals surface area contributed by atoms with Crippen molar-refractivity contribution in [3.8, 4) is 0 Å². The fourth-order valence-corrected chi connectivity index (χ4v) is 1.28. The Labute approximate surface area is 99.1 Å². The standard InChI is InChI=1S/C9H18N2O4S/c1-15-7(5-8(12)13)6-11-9(14)10-3-4-16-2/h7H,3-6H2,1-2H3,(H,12,13)(H2,10,11,14). The molecule has 0 bridgehead atoms. The number of carbonyl (C=O) groups excluding carboxylic acids is 1. The summed E-state index contributed by atoms with van der Waals surface area (Å²) in [5.74, 6) is -0.104. The van der Waals surface area contributed by atoms with Crippen LogP contribution >= 0.6 is 11.8 Å². The van der Waals surface area contributed by atoms with Crippen molar-refractivity contribution in [1.29, 1.82) is 0 Å². The topological polar surface area (TPSA) is 87.7 Å². The number of methoxy groups -OCH3 is 1. The van der Waals surface area contributed by atoms with Crippen molar-refractivity contribution in [2.24, 2.45) is 0 Å². The average molecular weight is 250 g/mol. The van der Waals surface area contributed by atoms with Gasteiger partial charge in [0.25, 0.3) is 0 Å². The summed E-state index contributed by atoms with van der Waals surface area (Å²) in [5, 5.41) is 13.7. The Morgan fingerprint density at radius 1 is 1.44 bits per heavy atom. The van der Waals surface area contributed by atoms with Crippen molar-refractivity contribution in [1.82, 2.24) is 10.6 Å². The predicted octanol–water partition coefficient (Wildman–Crippen LogP) is 0.138. The van der Waals surface area contributed by atoms with Crippen LogP contribution in [0, 0.1) is 0 Å². The molecule has 0 saturated heterocycles. The molecule has 0 aliphatic heterocycles. The molecule has 0 radical (unpaired) electrons. The maximum atomic E-state index is 11.2. The summed E-state index contributed by atoms with van der Waals surface area (Å²) in [6.07, 6.45) is 1.33. The summed E-state index contributed by atoms with van der Waals surface area (Å²) >= 11 is 1.64. The number of urea groups is 1. The zero-order valence-corrected chi connectivity index (χ0v) is 10.3. The lowest BCUT2D eigenvalue weighted by Gasteiger charge is -2.14. The molecule has 6 nitrogen and oxygen atoms in total. The largest absolute Gasteiger partial charge is 0.481 e. The highest BCUT2D eigenvalue weighted by Crippen LogP contribution is 1.95. The molecule has 0 aromatic rings. The Hall–Kier alpha value is -0.950. The molecule has 0 aliphatic carbocycles. The number of carboxylic acid groups (broad SMARTS) is 1. The van der Waals surface area contributed by atoms with Gasteiger partial charge in [0, 0.05) is 26.0 Å². The zero-order chi connectivity index (χ0) is 12.4. The predicted molar refractivity (Wildman–Crippen MR) is 62.8 cm³/mol. The van der Waals surface area contributed by atoms with E-state index in [9.17, 15) is 9.59 Å². The van der Waals surface area contributed by atoms with Crippen LogP contribution in [-0.2, 0) is 9.53 Å². The zero-order valence-electron chi connectivity index (χ0n) is 9.49. The van der Waals surface area contributed by atoms with E-state index in [4.69, 9.17) is 9.84 Å². The summed E-state index contributed by atoms with van der Waals surface area (Å²) in [7, 11) is 1.42. The number of nitrogens with one attached hydrogen (secondary N) is 2. The van der Waals surface area contributed by atoms with Crippen molar-refractivity contribution in [3.05, 3.63) is 0 Å². The molecule has 0 heterocycles. The fraction of sp³-hybridized carbons (Fsp3) is 0.778. The third-order valence-corrected chi connectivity index (χ3v) is 2.43. The maximum Gasteiger partial charge on any atom is 0.314 e. The van der Waals surface area contributed by atoms with Gasteiger partial charge in [0.2, 0.25) is 0 Å². The van der Waals surface area contributed by atoms with E-state index in [2.05, 4.69) is 10.6 Å². The summed E-state index contributed by atoms with van der Waals surface area (Å²) in [4.78, 5) is 21.6. The second kappa shape index (κ2) is 9.29. The number of rotatable bonds is 8. The summed E-state index contributed by atoms with van der Waals surface area (Å²) in [6, 6.07) is -0.304. The number of carboxylic acids is 1. The smallest absolute Gasteiger partial charge is 0.314 e. The Morgan fingerprint density at radius 2 is 2.12 bits per heavy atom. The van der Waals surface area contributed by atoms with Crippen molar-refractivity contribution in [2.75, 3.05) is 32.2 Å². The molecule has 1 atom stereocenters. The molecule has 3 N–H and O–H groups in total. The monoisotopic (exact) mass is 250 g/mol. The Morgan fingerprint density at radius 3 is 2.62 bits per heavy atom. The van der Waals surface area contributed by atoms with Gasteiger partial charge in [0.15, 0.2) is 0 Å². The van der Waals surface area contributed by atoms with Crippen LogP contribution in [0.15, 0.2) is 0 Å². The van der Waals surface area contributed by atoms with Crippen LogP contribution in [0.5, 0.6) is 0 Å². The number of thioether (sulfide) groups is 1. The first-order chi connectivity index (χ1) is 7.60. The van der Waals surface area contributed by atoms with E-state index >= 15 is 0 Å². The van der Waals surface area contributed by atoms with Gasteiger partial charge in [-0.15, -0.1) is 0 Å². The molecular formula is C9H18N2O4S. The number of hydrogen-bond acceptors (Lipinski definition) is 4. The van der Waals surface area contributed by atoms with E-state index in [0.29, 0.717) is 6.54 Å². The maximum absolute atomic E-state index is 11.2. The molecule has 0 aromatic heterocycles. The lowest BCUT2D eigenvalue weighted by Crippen LogP contribution is -2.41. The molecule has 2 amide bonds. The van der Waals surface area contributed by atoms with E-state index < -0.39 is 12.1 Å². The van der Waals surface area contributed by atoms with E-state index in [0.717, 1.165) is 5.75 Å². The average Bonchev–Trinajstić information content (AvgIpc) is 2.24. The minimum atomic E-state index is -0.948. The molecule has 7 heteroatoms. The first kappa shape index (κ1) is 15.0. The number of amides is 2. The third-order valence-electron chi connectivity index (χ3n) is 1.82. The number of hydrogen-bond donors (Lipinski definition) is 3. The lowest BCUT2D eigenvalue weighted by molar-refractivity contribution is -0.139. The molecule has 1 unspecified atom stereocenters. The van der Waals surface area contributed by atoms with E-state index in [1.807, 2.05) is 6.26 Å². The quantitative estimate of drug-likeness (QED) is 0.533. The van der Waals surface area contributed by atoms with Crippen LogP contribution < -0.4 is 10.6 Å². The summed E-state index contributed by atoms with van der Waals surface area (Å²) in [6.45, 7) is 0.775. The molecular weight excluding hydrogens is 232 g/mol. The van der Waals surface area contributed by atoms with Gasteiger partial charge in [0.05, 0.1) is 12.5 Å². The molecule has 0 aliphatic rings. The van der Waals surface area contributed by atoms with Crippen LogP contribution in [0.3, 0.4) is 0 Å². The molecule has 16 heavy (non-hydrogen) atoms. The fourth-order valence-electron chi connectivity index (χ4n) is 0.969. The second-order valence-corrected chi connectivity index (χ2v) is 4.07. The van der Waals surface area contributed by atoms with E-state index in [1.165, 1.54) is 7.11 Å². The highest BCUT2D eigenvalue weighted by atomic mass is 32.2. The van der Waals surface area contributed by atoms with Gasteiger partial charge in [-0.1, -0.05) is 0 Å². The Bertz CT molecular complexity index is 226. The lowest BCUT2D eigenvalue weighted by atomic mass is 10.2. The first-order valence-corrected chi connectivity index (χ1v) is 6.24. The van der Waals surface area contributed by atoms with Crippen molar-refractivity contribution >= 4 is 23.8 Å². The SMILES string of the molecule is COC(CNC(=O)NCCSC)CC(=O)O. The van der Waals surface area contributed by atoms with Crippen LogP contribution in [0.25, 0.3) is 0 Å². The van der Waals surface area contributed by atoms with Crippen molar-refractivity contribution in [3.63, 3.8) is 0 Å². The first-order valence-electron chi connectivity index (χ1n) is 4.85. The van der Waals surface area contributed by atoms with Gasteiger partial charge in [-0.3, -0.25) is 4.79 Å². The highest BCUT2D eigenvalue weighted by molar-refractivity contribution is 7.98. The normalized spacial score (nSPS) is 11.9. The molecule has 0 aromatic carbocycles. The van der Waals surface area contributed by atoms with Crippen molar-refractivity contribution in [2.45, 2.75) is 12.5 Å². The molecule has 0 spiro atoms. The van der Waals surface area contributed by atoms with Gasteiger partial charge in [-0.25, -0.2) is 4.79 Å². The van der Waals surface area contributed by atoms with Crippen LogP contribution in [-0.4, -0.2) is 55.4 Å². The molecule has 0 saturated carbocycles. The van der Waals surface area contributed by atoms with Gasteiger partial charge in [-0.05, 0) is 6.26 Å². The number of carbonyl (C=O) groups is 2. The van der Waals surface area contributed by atoms with Crippen LogP contribution in [0.4, 0.5) is 4.79 Å². The minimum absolute atomic E-state index is 0.123. The molecule has 0 rings (SSSR count). The van der Waals surface area contributed by atoms with Gasteiger partial charge in [0.1, 0.15) is 0 Å². The molecule has 94 valence electrons. The number of ether oxygens (including phenoxy) is 1. The number of aliphatic carboxylic acids is 1. The van der Waals surface area contributed by atoms with Crippen molar-refractivity contribution < 1.29 is 19.4 Å². The van der Waals surface area contributed by atoms with Crippen LogP contribution in [0.1, 0.15) is 6.42 Å². The summed E-state index contributed by atoms with van der Waals surface area (Å²) in [5.41, 5.74) is 0. The Kier molecular flexibility index (Phi) is 8.74. The van der Waals surface area contributed by atoms with Gasteiger partial charge >= 0.3 is 12.0 Å². The van der Waals surface area contributed by atoms with Gasteiger partial charge in [-0.2, -0.15) is 11.8 Å². The van der Waals surface area contributed by atoms with Crippen LogP contribution in [0.2, 0.25) is 0 Å². The second-order valence-electron chi connectivity index (χ2n) is 3.09. The Balaban J connectivity index is 3.66. The van der Waals surface area contributed by atoms with Gasteiger partial charge < -0.3 is 20.5 Å². The van der Waals surface area contributed by atoms with E-state index in [-0.39, 0.29) is 19.0 Å². The van der Waals surface area contributed by atoms with E-state index in [1.54, 1.807) is 11.8 Å². The third kappa shape index (κ3) is 8.37. The summed E-state index contributed by atoms with van der Waals surface area (Å²) < 4.78 is 4.91. The minimum Gasteiger partial charge on any atom is -0.481 e. The molecule has 0 fully saturated rings.